The molecular formula is C7H9BrN2. The fourth-order valence-electron chi connectivity index (χ4n) is 0.773. The second kappa shape index (κ2) is 3.46. The maximum absolute atomic E-state index is 2.94. The highest BCUT2D eigenvalue weighted by molar-refractivity contribution is 9.08. The van der Waals surface area contributed by atoms with Gasteiger partial charge in [-0.2, -0.15) is 0 Å². The van der Waals surface area contributed by atoms with Gasteiger partial charge in [0, 0.05) is 0 Å². The van der Waals surface area contributed by atoms with Crippen molar-refractivity contribution in [3.63, 3.8) is 0 Å². The summed E-state index contributed by atoms with van der Waals surface area (Å²) in [4.78, 5) is 0. The van der Waals surface area contributed by atoms with E-state index in [0.717, 1.165) is 0 Å². The molecule has 0 aliphatic carbocycles. The molecule has 0 saturated heterocycles. The largest absolute Gasteiger partial charge is 0.299 e. The highest BCUT2D eigenvalue weighted by Gasteiger charge is 1.89. The van der Waals surface area contributed by atoms with Crippen LogP contribution in [0.4, 0.5) is 0 Å². The van der Waals surface area contributed by atoms with Crippen LogP contribution in [0.25, 0.3) is 11.0 Å². The molecule has 0 spiro atoms. The molecule has 2 nitrogen and oxygen atoms in total. The van der Waals surface area contributed by atoms with Crippen molar-refractivity contribution >= 4 is 27.0 Å². The molecule has 2 N–H and O–H groups in total. The highest BCUT2D eigenvalue weighted by Crippen LogP contribution is 2.06. The van der Waals surface area contributed by atoms with Crippen LogP contribution in [-0.4, -0.2) is 16.0 Å². The molecule has 0 amide bonds. The minimum atomic E-state index is 1.19. The predicted molar refractivity (Wildman–Crippen MR) is 47.5 cm³/mol. The average molecular weight is 201 g/mol. The van der Waals surface area contributed by atoms with Gasteiger partial charge in [0.2, 0.25) is 0 Å². The van der Waals surface area contributed by atoms with E-state index in [0.29, 0.717) is 0 Å². The molecule has 1 aromatic carbocycles. The summed E-state index contributed by atoms with van der Waals surface area (Å²) in [7, 11) is 0. The highest BCUT2D eigenvalue weighted by atomic mass is 79.9. The third-order valence-corrected chi connectivity index (χ3v) is 1.26. The molecule has 2 rings (SSSR count). The number of nitrogens with one attached hydrogen (secondary N) is 2. The molecule has 0 fully saturated rings. The van der Waals surface area contributed by atoms with Crippen LogP contribution in [0, 0.1) is 0 Å². The van der Waals surface area contributed by atoms with Gasteiger partial charge in [0.15, 0.2) is 0 Å². The van der Waals surface area contributed by atoms with Crippen molar-refractivity contribution in [2.75, 3.05) is 5.83 Å². The summed E-state index contributed by atoms with van der Waals surface area (Å²) >= 11 is 2.94. The number of H-pyrrole nitrogens is 2. The van der Waals surface area contributed by atoms with E-state index < -0.39 is 0 Å². The van der Waals surface area contributed by atoms with Crippen molar-refractivity contribution < 1.29 is 0 Å². The van der Waals surface area contributed by atoms with E-state index >= 15 is 0 Å². The maximum atomic E-state index is 2.94. The number of benzene rings is 1. The summed E-state index contributed by atoms with van der Waals surface area (Å²) in [5.74, 6) is 1.81. The minimum Gasteiger partial charge on any atom is -0.299 e. The molecule has 0 radical (unpaired) electrons. The molecule has 0 bridgehead atoms. The SMILES string of the molecule is CBr.c1ccc2[nH][nH]c2c1. The average Bonchev–Trinajstić information content (AvgIpc) is 1.96. The lowest BCUT2D eigenvalue weighted by atomic mass is 10.3. The third kappa shape index (κ3) is 1.24. The van der Waals surface area contributed by atoms with Gasteiger partial charge < -0.3 is 0 Å². The molecule has 1 heterocycles. The van der Waals surface area contributed by atoms with Crippen LogP contribution in [-0.2, 0) is 0 Å². The van der Waals surface area contributed by atoms with Gasteiger partial charge in [-0.25, -0.2) is 0 Å². The van der Waals surface area contributed by atoms with Gasteiger partial charge in [-0.05, 0) is 18.0 Å². The van der Waals surface area contributed by atoms with Gasteiger partial charge in [-0.15, -0.1) is 0 Å². The topological polar surface area (TPSA) is 31.6 Å². The summed E-state index contributed by atoms with van der Waals surface area (Å²) in [6.07, 6.45) is 0. The van der Waals surface area contributed by atoms with E-state index in [2.05, 4.69) is 26.1 Å². The van der Waals surface area contributed by atoms with E-state index in [1.807, 2.05) is 30.1 Å². The van der Waals surface area contributed by atoms with Crippen LogP contribution in [0.3, 0.4) is 0 Å². The number of aromatic amines is 2. The predicted octanol–water partition coefficient (Wildman–Crippen LogP) is 2.51. The van der Waals surface area contributed by atoms with Crippen LogP contribution in [0.15, 0.2) is 24.3 Å². The Kier molecular flexibility index (Phi) is 2.57. The van der Waals surface area contributed by atoms with Crippen LogP contribution in [0.5, 0.6) is 0 Å². The second-order valence-corrected chi connectivity index (χ2v) is 1.80. The fraction of sp³-hybridized carbons (Fsp3) is 0.143. The first-order valence-corrected chi connectivity index (χ1v) is 4.54. The first kappa shape index (κ1) is 7.41. The zero-order chi connectivity index (χ0) is 7.40. The molecule has 0 unspecified atom stereocenters. The molecule has 0 saturated carbocycles. The van der Waals surface area contributed by atoms with E-state index in [4.69, 9.17) is 0 Å². The standard InChI is InChI=1S/C6H6N2.CH3Br/c1-2-4-6-5(3-1)7-8-6;1-2/h1-4,7-8H;1H3. The molecular weight excluding hydrogens is 192 g/mol. The van der Waals surface area contributed by atoms with Crippen molar-refractivity contribution in [2.24, 2.45) is 0 Å². The van der Waals surface area contributed by atoms with Gasteiger partial charge in [0.25, 0.3) is 0 Å². The Bertz CT molecular complexity index is 254. The number of hydrogen-bond acceptors (Lipinski definition) is 0. The quantitative estimate of drug-likeness (QED) is 0.613. The summed E-state index contributed by atoms with van der Waals surface area (Å²) in [6.45, 7) is 0. The number of para-hydroxylation sites is 2. The molecule has 0 aliphatic rings. The summed E-state index contributed by atoms with van der Waals surface area (Å²) < 4.78 is 0. The fourth-order valence-corrected chi connectivity index (χ4v) is 0.773. The number of aromatic nitrogens is 2. The van der Waals surface area contributed by atoms with E-state index in [-0.39, 0.29) is 0 Å². The molecule has 0 aliphatic heterocycles. The van der Waals surface area contributed by atoms with E-state index in [1.54, 1.807) is 0 Å². The third-order valence-electron chi connectivity index (χ3n) is 1.26. The molecule has 1 aromatic heterocycles. The van der Waals surface area contributed by atoms with Crippen molar-refractivity contribution in [3.8, 4) is 0 Å². The minimum absolute atomic E-state index is 1.19. The van der Waals surface area contributed by atoms with Crippen molar-refractivity contribution in [3.05, 3.63) is 24.3 Å². The van der Waals surface area contributed by atoms with Crippen molar-refractivity contribution in [2.45, 2.75) is 0 Å². The lowest BCUT2D eigenvalue weighted by Gasteiger charge is -1.99. The Morgan fingerprint density at radius 2 is 1.40 bits per heavy atom. The molecule has 3 heteroatoms. The lowest BCUT2D eigenvalue weighted by Crippen LogP contribution is -1.87. The molecule has 2 aromatic rings. The number of rotatable bonds is 0. The molecule has 0 atom stereocenters. The number of alkyl halides is 1. The van der Waals surface area contributed by atoms with Gasteiger partial charge >= 0.3 is 0 Å². The normalized spacial score (nSPS) is 9.00. The zero-order valence-electron chi connectivity index (χ0n) is 5.69. The molecule has 10 heavy (non-hydrogen) atoms. The van der Waals surface area contributed by atoms with Crippen molar-refractivity contribution in [1.82, 2.24) is 10.2 Å². The second-order valence-electron chi connectivity index (χ2n) is 1.80. The Hall–Kier alpha value is -0.700. The summed E-state index contributed by atoms with van der Waals surface area (Å²) in [6, 6.07) is 8.08. The first-order chi connectivity index (χ1) is 4.97. The van der Waals surface area contributed by atoms with Crippen LogP contribution >= 0.6 is 15.9 Å². The Morgan fingerprint density at radius 1 is 1.00 bits per heavy atom. The Labute approximate surface area is 67.7 Å². The van der Waals surface area contributed by atoms with E-state index in [9.17, 15) is 0 Å². The van der Waals surface area contributed by atoms with Gasteiger partial charge in [-0.1, -0.05) is 28.1 Å². The lowest BCUT2D eigenvalue weighted by molar-refractivity contribution is 1.07. The van der Waals surface area contributed by atoms with E-state index in [1.165, 1.54) is 11.0 Å². The van der Waals surface area contributed by atoms with Crippen LogP contribution in [0.2, 0.25) is 0 Å². The Balaban J connectivity index is 0.000000231. The summed E-state index contributed by atoms with van der Waals surface area (Å²) in [5.41, 5.74) is 2.38. The van der Waals surface area contributed by atoms with Crippen molar-refractivity contribution in [1.29, 1.82) is 0 Å². The first-order valence-electron chi connectivity index (χ1n) is 2.96. The Morgan fingerprint density at radius 3 is 1.60 bits per heavy atom. The maximum Gasteiger partial charge on any atom is 0.0789 e. The smallest absolute Gasteiger partial charge is 0.0789 e. The summed E-state index contributed by atoms with van der Waals surface area (Å²) in [5, 5.41) is 5.88. The van der Waals surface area contributed by atoms with Gasteiger partial charge in [0.05, 0.1) is 11.0 Å². The number of fused-ring (bicyclic) bond motifs is 1. The van der Waals surface area contributed by atoms with Crippen LogP contribution < -0.4 is 0 Å². The number of halogens is 1. The van der Waals surface area contributed by atoms with Crippen LogP contribution in [0.1, 0.15) is 0 Å². The monoisotopic (exact) mass is 200 g/mol. The molecule has 54 valence electrons. The zero-order valence-corrected chi connectivity index (χ0v) is 7.27. The van der Waals surface area contributed by atoms with Gasteiger partial charge in [-0.3, -0.25) is 10.2 Å². The number of hydrogen-bond donors (Lipinski definition) is 2. The van der Waals surface area contributed by atoms with Gasteiger partial charge in [0.1, 0.15) is 0 Å².